The van der Waals surface area contributed by atoms with Crippen LogP contribution in [0.5, 0.6) is 0 Å². The molecular formula is C13H13FS. The van der Waals surface area contributed by atoms with Crippen molar-refractivity contribution in [3.63, 3.8) is 0 Å². The molecule has 0 N–H and O–H groups in total. The lowest BCUT2D eigenvalue weighted by atomic mass is 10.0. The summed E-state index contributed by atoms with van der Waals surface area (Å²) in [7, 11) is 0. The van der Waals surface area contributed by atoms with E-state index in [2.05, 4.69) is 0 Å². The van der Waals surface area contributed by atoms with Gasteiger partial charge in [-0.25, -0.2) is 4.39 Å². The molecule has 0 fully saturated rings. The molecule has 2 rings (SSSR count). The number of benzene rings is 1. The smallest absolute Gasteiger partial charge is 0.137 e. The van der Waals surface area contributed by atoms with E-state index in [-0.39, 0.29) is 11.7 Å². The van der Waals surface area contributed by atoms with Crippen LogP contribution in [0.2, 0.25) is 0 Å². The molecule has 0 aliphatic rings. The van der Waals surface area contributed by atoms with Crippen LogP contribution in [-0.2, 0) is 0 Å². The Morgan fingerprint density at radius 2 is 1.80 bits per heavy atom. The highest BCUT2D eigenvalue weighted by Gasteiger charge is 2.15. The van der Waals surface area contributed by atoms with Crippen molar-refractivity contribution in [2.24, 2.45) is 0 Å². The zero-order valence-corrected chi connectivity index (χ0v) is 9.64. The maximum atomic E-state index is 13.6. The van der Waals surface area contributed by atoms with Crippen molar-refractivity contribution in [2.45, 2.75) is 19.8 Å². The van der Waals surface area contributed by atoms with Gasteiger partial charge in [-0.2, -0.15) is 0 Å². The topological polar surface area (TPSA) is 0 Å². The van der Waals surface area contributed by atoms with Crippen molar-refractivity contribution in [1.29, 1.82) is 0 Å². The summed E-state index contributed by atoms with van der Waals surface area (Å²) >= 11 is 1.48. The lowest BCUT2D eigenvalue weighted by Crippen LogP contribution is -1.90. The summed E-state index contributed by atoms with van der Waals surface area (Å²) in [6.45, 7) is 4.05. The highest BCUT2D eigenvalue weighted by Crippen LogP contribution is 2.36. The normalized spacial score (nSPS) is 10.9. The standard InChI is InChI=1S/C13H13FS/c1-9(2)12-11(14)8-15-13(12)10-6-4-3-5-7-10/h3-9H,1-2H3. The second-order valence-electron chi connectivity index (χ2n) is 3.85. The maximum Gasteiger partial charge on any atom is 0.137 e. The molecule has 0 saturated heterocycles. The molecule has 0 bridgehead atoms. The lowest BCUT2D eigenvalue weighted by molar-refractivity contribution is 0.606. The van der Waals surface area contributed by atoms with E-state index < -0.39 is 0 Å². The summed E-state index contributed by atoms with van der Waals surface area (Å²) in [5.74, 6) is 0.153. The van der Waals surface area contributed by atoms with Crippen molar-refractivity contribution in [2.75, 3.05) is 0 Å². The molecule has 0 atom stereocenters. The fraction of sp³-hybridized carbons (Fsp3) is 0.231. The van der Waals surface area contributed by atoms with Crippen molar-refractivity contribution in [3.8, 4) is 10.4 Å². The molecule has 0 nitrogen and oxygen atoms in total. The van der Waals surface area contributed by atoms with Gasteiger partial charge in [-0.1, -0.05) is 44.2 Å². The molecule has 0 aliphatic heterocycles. The Kier molecular flexibility index (Phi) is 2.87. The number of hydrogen-bond donors (Lipinski definition) is 0. The minimum Gasteiger partial charge on any atom is -0.206 e. The number of thiophene rings is 1. The van der Waals surface area contributed by atoms with Gasteiger partial charge >= 0.3 is 0 Å². The average Bonchev–Trinajstić information content (AvgIpc) is 2.61. The summed E-state index contributed by atoms with van der Waals surface area (Å²) < 4.78 is 13.6. The molecule has 2 heteroatoms. The van der Waals surface area contributed by atoms with Crippen LogP contribution < -0.4 is 0 Å². The van der Waals surface area contributed by atoms with E-state index in [1.54, 1.807) is 5.38 Å². The summed E-state index contributed by atoms with van der Waals surface area (Å²) in [4.78, 5) is 1.06. The predicted octanol–water partition coefficient (Wildman–Crippen LogP) is 4.68. The zero-order chi connectivity index (χ0) is 10.8. The molecule has 2 aromatic rings. The lowest BCUT2D eigenvalue weighted by Gasteiger charge is -2.07. The predicted molar refractivity (Wildman–Crippen MR) is 63.8 cm³/mol. The van der Waals surface area contributed by atoms with Crippen LogP contribution in [0.25, 0.3) is 10.4 Å². The molecule has 0 unspecified atom stereocenters. The molecule has 0 amide bonds. The Balaban J connectivity index is 2.54. The Morgan fingerprint density at radius 1 is 1.13 bits per heavy atom. The van der Waals surface area contributed by atoms with Gasteiger partial charge in [0.15, 0.2) is 0 Å². The first kappa shape index (κ1) is 10.4. The molecule has 0 saturated carbocycles. The molecule has 1 aromatic heterocycles. The van der Waals surface area contributed by atoms with Gasteiger partial charge in [0.25, 0.3) is 0 Å². The summed E-state index contributed by atoms with van der Waals surface area (Å²) in [6.07, 6.45) is 0. The first-order valence-corrected chi connectivity index (χ1v) is 5.90. The minimum absolute atomic E-state index is 0.0751. The third-order valence-corrected chi connectivity index (χ3v) is 3.41. The van der Waals surface area contributed by atoms with Gasteiger partial charge in [0.05, 0.1) is 0 Å². The zero-order valence-electron chi connectivity index (χ0n) is 8.83. The summed E-state index contributed by atoms with van der Waals surface area (Å²) in [5, 5.41) is 1.59. The van der Waals surface area contributed by atoms with Crippen LogP contribution in [0.3, 0.4) is 0 Å². The van der Waals surface area contributed by atoms with E-state index in [0.29, 0.717) is 0 Å². The summed E-state index contributed by atoms with van der Waals surface area (Å²) in [6, 6.07) is 9.99. The van der Waals surface area contributed by atoms with Gasteiger partial charge < -0.3 is 0 Å². The van der Waals surface area contributed by atoms with E-state index in [1.807, 2.05) is 44.2 Å². The average molecular weight is 220 g/mol. The van der Waals surface area contributed by atoms with Crippen molar-refractivity contribution >= 4 is 11.3 Å². The second kappa shape index (κ2) is 4.15. The van der Waals surface area contributed by atoms with Crippen LogP contribution in [0.15, 0.2) is 35.7 Å². The quantitative estimate of drug-likeness (QED) is 0.689. The number of halogens is 1. The number of rotatable bonds is 2. The van der Waals surface area contributed by atoms with Crippen molar-refractivity contribution < 1.29 is 4.39 Å². The van der Waals surface area contributed by atoms with Crippen LogP contribution in [0.4, 0.5) is 4.39 Å². The maximum absolute atomic E-state index is 13.6. The first-order valence-electron chi connectivity index (χ1n) is 5.02. The molecule has 78 valence electrons. The second-order valence-corrected chi connectivity index (χ2v) is 4.73. The molecule has 0 aliphatic carbocycles. The van der Waals surface area contributed by atoms with Crippen LogP contribution >= 0.6 is 11.3 Å². The fourth-order valence-electron chi connectivity index (χ4n) is 1.70. The molecular weight excluding hydrogens is 207 g/mol. The van der Waals surface area contributed by atoms with E-state index in [9.17, 15) is 4.39 Å². The highest BCUT2D eigenvalue weighted by atomic mass is 32.1. The van der Waals surface area contributed by atoms with Crippen LogP contribution in [0, 0.1) is 5.82 Å². The Hall–Kier alpha value is -1.15. The summed E-state index contributed by atoms with van der Waals surface area (Å²) in [5.41, 5.74) is 1.95. The van der Waals surface area contributed by atoms with Gasteiger partial charge in [0, 0.05) is 15.8 Å². The van der Waals surface area contributed by atoms with Gasteiger partial charge in [-0.15, -0.1) is 11.3 Å². The minimum atomic E-state index is -0.0751. The monoisotopic (exact) mass is 220 g/mol. The molecule has 1 aromatic carbocycles. The van der Waals surface area contributed by atoms with Crippen LogP contribution in [0.1, 0.15) is 25.3 Å². The van der Waals surface area contributed by atoms with E-state index >= 15 is 0 Å². The number of hydrogen-bond acceptors (Lipinski definition) is 1. The van der Waals surface area contributed by atoms with E-state index in [1.165, 1.54) is 11.3 Å². The fourth-order valence-corrected chi connectivity index (χ4v) is 2.78. The Bertz CT molecular complexity index is 443. The van der Waals surface area contributed by atoms with E-state index in [0.717, 1.165) is 16.0 Å². The largest absolute Gasteiger partial charge is 0.206 e. The van der Waals surface area contributed by atoms with Gasteiger partial charge in [-0.05, 0) is 11.5 Å². The SMILES string of the molecule is CC(C)c1c(F)csc1-c1ccccc1. The third-order valence-electron chi connectivity index (χ3n) is 2.40. The Labute approximate surface area is 93.4 Å². The highest BCUT2D eigenvalue weighted by molar-refractivity contribution is 7.13. The van der Waals surface area contributed by atoms with Crippen molar-refractivity contribution in [3.05, 3.63) is 47.1 Å². The molecule has 0 spiro atoms. The molecule has 1 heterocycles. The van der Waals surface area contributed by atoms with Crippen molar-refractivity contribution in [1.82, 2.24) is 0 Å². The third kappa shape index (κ3) is 1.95. The van der Waals surface area contributed by atoms with Gasteiger partial charge in [-0.3, -0.25) is 0 Å². The molecule has 15 heavy (non-hydrogen) atoms. The molecule has 0 radical (unpaired) electrons. The Morgan fingerprint density at radius 3 is 2.40 bits per heavy atom. The van der Waals surface area contributed by atoms with Gasteiger partial charge in [0.2, 0.25) is 0 Å². The van der Waals surface area contributed by atoms with E-state index in [4.69, 9.17) is 0 Å². The first-order chi connectivity index (χ1) is 7.20. The van der Waals surface area contributed by atoms with Gasteiger partial charge in [0.1, 0.15) is 5.82 Å². The van der Waals surface area contributed by atoms with Crippen LogP contribution in [-0.4, -0.2) is 0 Å².